The zero-order valence-corrected chi connectivity index (χ0v) is 18.0. The molecular formula is C23H43NO. The molecule has 1 aromatic carbocycles. The van der Waals surface area contributed by atoms with E-state index in [4.69, 9.17) is 0 Å². The molecule has 25 heavy (non-hydrogen) atoms. The van der Waals surface area contributed by atoms with Crippen LogP contribution in [0, 0.1) is 6.92 Å². The molecule has 2 nitrogen and oxygen atoms in total. The summed E-state index contributed by atoms with van der Waals surface area (Å²) < 4.78 is 0. The molecule has 0 saturated carbocycles. The molecule has 0 spiro atoms. The van der Waals surface area contributed by atoms with Crippen molar-refractivity contribution in [2.75, 3.05) is 6.54 Å². The summed E-state index contributed by atoms with van der Waals surface area (Å²) in [6.45, 7) is 15.7. The standard InChI is InChI=1S/C10H14.C5H11N.C5H10O.C3H8/c1-3-4-10-7-5-9(2)6-8-10;1-2-5-3-4-6-5;1-3-4-5(2)6;1-3-2/h5-8H,3-4H2,1-2H3;5-6H,2-4H2,1H3;3-4H2,1-2H3;3H2,1-2H3/t;5-;;/m.0../s1. The topological polar surface area (TPSA) is 29.1 Å². The number of hydrogen-bond acceptors (Lipinski definition) is 2. The maximum Gasteiger partial charge on any atom is 0.129 e. The van der Waals surface area contributed by atoms with Crippen molar-refractivity contribution in [2.45, 2.75) is 99.5 Å². The molecule has 0 aliphatic carbocycles. The number of ketones is 1. The second-order valence-corrected chi connectivity index (χ2v) is 6.74. The Morgan fingerprint density at radius 3 is 1.76 bits per heavy atom. The van der Waals surface area contributed by atoms with Crippen molar-refractivity contribution in [2.24, 2.45) is 0 Å². The van der Waals surface area contributed by atoms with Gasteiger partial charge in [0.2, 0.25) is 0 Å². The number of carbonyl (C=O) groups excluding carboxylic acids is 1. The van der Waals surface area contributed by atoms with Gasteiger partial charge < -0.3 is 10.1 Å². The van der Waals surface area contributed by atoms with Gasteiger partial charge in [-0.15, -0.1) is 0 Å². The Kier molecular flexibility index (Phi) is 20.0. The Labute approximate surface area is 157 Å². The zero-order chi connectivity index (χ0) is 19.5. The Bertz CT molecular complexity index is 390. The van der Waals surface area contributed by atoms with E-state index in [0.717, 1.165) is 18.9 Å². The highest BCUT2D eigenvalue weighted by atomic mass is 16.1. The van der Waals surface area contributed by atoms with Crippen LogP contribution in [0.25, 0.3) is 0 Å². The largest absolute Gasteiger partial charge is 0.314 e. The van der Waals surface area contributed by atoms with E-state index in [-0.39, 0.29) is 5.78 Å². The van der Waals surface area contributed by atoms with Gasteiger partial charge in [-0.05, 0) is 51.6 Å². The van der Waals surface area contributed by atoms with Gasteiger partial charge in [-0.25, -0.2) is 0 Å². The van der Waals surface area contributed by atoms with E-state index in [1.807, 2.05) is 6.92 Å². The first-order chi connectivity index (χ1) is 11.9. The SMILES string of the molecule is CCC.CCCC(C)=O.CCCc1ccc(C)cc1.CC[C@H]1CCN1. The maximum absolute atomic E-state index is 10.0. The third kappa shape index (κ3) is 19.0. The van der Waals surface area contributed by atoms with Crippen molar-refractivity contribution in [3.8, 4) is 0 Å². The van der Waals surface area contributed by atoms with Gasteiger partial charge in [0.1, 0.15) is 5.78 Å². The van der Waals surface area contributed by atoms with E-state index in [2.05, 4.69) is 64.2 Å². The van der Waals surface area contributed by atoms with Crippen molar-refractivity contribution >= 4 is 5.78 Å². The van der Waals surface area contributed by atoms with Crippen LogP contribution in [-0.4, -0.2) is 18.4 Å². The first-order valence-corrected chi connectivity index (χ1v) is 10.2. The van der Waals surface area contributed by atoms with Crippen molar-refractivity contribution < 1.29 is 4.79 Å². The van der Waals surface area contributed by atoms with Gasteiger partial charge in [0.15, 0.2) is 0 Å². The molecule has 1 atom stereocenters. The normalized spacial score (nSPS) is 14.4. The fraction of sp³-hybridized carbons (Fsp3) is 0.696. The molecule has 146 valence electrons. The number of Topliss-reactive ketones (excluding diaryl/α,β-unsaturated/α-hetero) is 1. The Morgan fingerprint density at radius 2 is 1.56 bits per heavy atom. The third-order valence-corrected chi connectivity index (χ3v) is 3.68. The van der Waals surface area contributed by atoms with Gasteiger partial charge in [-0.1, -0.05) is 77.3 Å². The average molecular weight is 350 g/mol. The molecule has 1 fully saturated rings. The molecule has 0 aromatic heterocycles. The number of benzene rings is 1. The second-order valence-electron chi connectivity index (χ2n) is 6.74. The van der Waals surface area contributed by atoms with Crippen LogP contribution >= 0.6 is 0 Å². The minimum Gasteiger partial charge on any atom is -0.314 e. The molecule has 1 heterocycles. The number of rotatable bonds is 5. The van der Waals surface area contributed by atoms with Gasteiger partial charge in [0, 0.05) is 12.5 Å². The highest BCUT2D eigenvalue weighted by molar-refractivity contribution is 5.75. The highest BCUT2D eigenvalue weighted by Gasteiger charge is 2.11. The molecule has 0 unspecified atom stereocenters. The van der Waals surface area contributed by atoms with E-state index < -0.39 is 0 Å². The summed E-state index contributed by atoms with van der Waals surface area (Å²) in [4.78, 5) is 10.0. The summed E-state index contributed by atoms with van der Waals surface area (Å²) >= 11 is 0. The van der Waals surface area contributed by atoms with Gasteiger partial charge in [0.25, 0.3) is 0 Å². The maximum atomic E-state index is 10.0. The van der Waals surface area contributed by atoms with E-state index >= 15 is 0 Å². The van der Waals surface area contributed by atoms with E-state index in [0.29, 0.717) is 0 Å². The Balaban J connectivity index is 0. The van der Waals surface area contributed by atoms with Crippen LogP contribution in [-0.2, 0) is 11.2 Å². The number of aryl methyl sites for hydroxylation is 2. The first kappa shape index (κ1) is 26.1. The molecule has 1 aliphatic heterocycles. The average Bonchev–Trinajstić information content (AvgIpc) is 2.51. The molecule has 1 N–H and O–H groups in total. The number of hydrogen-bond donors (Lipinski definition) is 1. The Morgan fingerprint density at radius 1 is 1.04 bits per heavy atom. The van der Waals surface area contributed by atoms with E-state index in [9.17, 15) is 4.79 Å². The summed E-state index contributed by atoms with van der Waals surface area (Å²) in [6.07, 6.45) is 8.12. The monoisotopic (exact) mass is 349 g/mol. The molecule has 0 amide bonds. The minimum absolute atomic E-state index is 0.289. The van der Waals surface area contributed by atoms with Crippen molar-refractivity contribution in [3.05, 3.63) is 35.4 Å². The van der Waals surface area contributed by atoms with E-state index in [1.54, 1.807) is 6.92 Å². The fourth-order valence-electron chi connectivity index (χ4n) is 2.09. The summed E-state index contributed by atoms with van der Waals surface area (Å²) in [5.74, 6) is 0.289. The lowest BCUT2D eigenvalue weighted by Crippen LogP contribution is -2.41. The molecule has 0 radical (unpaired) electrons. The lowest BCUT2D eigenvalue weighted by molar-refractivity contribution is -0.117. The number of carbonyl (C=O) groups is 1. The fourth-order valence-corrected chi connectivity index (χ4v) is 2.09. The quantitative estimate of drug-likeness (QED) is 0.657. The molecule has 2 rings (SSSR count). The molecule has 1 aliphatic rings. The van der Waals surface area contributed by atoms with Crippen LogP contribution < -0.4 is 5.32 Å². The molecule has 2 heteroatoms. The van der Waals surface area contributed by atoms with Crippen LogP contribution in [0.1, 0.15) is 91.2 Å². The predicted octanol–water partition coefficient (Wildman–Crippen LogP) is 6.50. The minimum atomic E-state index is 0.289. The zero-order valence-electron chi connectivity index (χ0n) is 18.0. The van der Waals surface area contributed by atoms with Gasteiger partial charge in [-0.3, -0.25) is 0 Å². The molecular weight excluding hydrogens is 306 g/mol. The second kappa shape index (κ2) is 19.2. The summed E-state index contributed by atoms with van der Waals surface area (Å²) in [7, 11) is 0. The van der Waals surface area contributed by atoms with Crippen molar-refractivity contribution in [3.63, 3.8) is 0 Å². The van der Waals surface area contributed by atoms with Crippen LogP contribution in [0.3, 0.4) is 0 Å². The molecule has 0 bridgehead atoms. The van der Waals surface area contributed by atoms with Crippen molar-refractivity contribution in [1.82, 2.24) is 5.32 Å². The summed E-state index contributed by atoms with van der Waals surface area (Å²) in [5.41, 5.74) is 2.80. The van der Waals surface area contributed by atoms with Crippen LogP contribution in [0.2, 0.25) is 0 Å². The Hall–Kier alpha value is -1.15. The van der Waals surface area contributed by atoms with Crippen LogP contribution in [0.15, 0.2) is 24.3 Å². The molecule has 1 saturated heterocycles. The van der Waals surface area contributed by atoms with Crippen LogP contribution in [0.5, 0.6) is 0 Å². The number of nitrogens with one attached hydrogen (secondary N) is 1. The van der Waals surface area contributed by atoms with E-state index in [1.165, 1.54) is 49.8 Å². The smallest absolute Gasteiger partial charge is 0.129 e. The van der Waals surface area contributed by atoms with Gasteiger partial charge >= 0.3 is 0 Å². The molecule has 1 aromatic rings. The van der Waals surface area contributed by atoms with Gasteiger partial charge in [-0.2, -0.15) is 0 Å². The summed E-state index contributed by atoms with van der Waals surface area (Å²) in [5, 5.41) is 3.30. The van der Waals surface area contributed by atoms with Gasteiger partial charge in [0.05, 0.1) is 0 Å². The summed E-state index contributed by atoms with van der Waals surface area (Å²) in [6, 6.07) is 9.62. The first-order valence-electron chi connectivity index (χ1n) is 10.2. The third-order valence-electron chi connectivity index (χ3n) is 3.68. The predicted molar refractivity (Wildman–Crippen MR) is 113 cm³/mol. The lowest BCUT2D eigenvalue weighted by Gasteiger charge is -2.25. The van der Waals surface area contributed by atoms with Crippen LogP contribution in [0.4, 0.5) is 0 Å². The lowest BCUT2D eigenvalue weighted by atomic mass is 10.1. The highest BCUT2D eigenvalue weighted by Crippen LogP contribution is 2.05. The van der Waals surface area contributed by atoms with Crippen molar-refractivity contribution in [1.29, 1.82) is 0 Å².